The molecule has 1 aromatic carbocycles. The second-order valence-electron chi connectivity index (χ2n) is 8.97. The Morgan fingerprint density at radius 2 is 1.83 bits per heavy atom. The summed E-state index contributed by atoms with van der Waals surface area (Å²) >= 11 is 12.0. The van der Waals surface area contributed by atoms with Crippen molar-refractivity contribution in [1.29, 1.82) is 0 Å². The third-order valence-corrected chi connectivity index (χ3v) is 9.99. The summed E-state index contributed by atoms with van der Waals surface area (Å²) in [6, 6.07) is 2.39. The Bertz CT molecular complexity index is 1340. The Hall–Kier alpha value is -2.09. The molecule has 2 aliphatic heterocycles. The summed E-state index contributed by atoms with van der Waals surface area (Å²) in [5.74, 6) is -4.12. The van der Waals surface area contributed by atoms with Crippen molar-refractivity contribution >= 4 is 62.0 Å². The predicted molar refractivity (Wildman–Crippen MR) is 121 cm³/mol. The van der Waals surface area contributed by atoms with Crippen LogP contribution in [0.5, 0.6) is 0 Å². The molecule has 0 spiro atoms. The summed E-state index contributed by atoms with van der Waals surface area (Å²) in [5, 5.41) is 3.41. The van der Waals surface area contributed by atoms with E-state index in [0.717, 1.165) is 18.9 Å². The standard InChI is InChI=1S/C20H20Cl2F3N5O4S/c21-12-7-14-15(8-13(12)22)30-18(26-14)27-17(32)19(30,20(23,24)25)28-16(31)10-5-6-29(9-10)35(33,34)11-3-1-2-4-11/h7-8,10-11H,1-6,9H2,(H,28,31)(H,26,27,32)/t10-,19?/m1/s1. The normalized spacial score (nSPS) is 25.9. The van der Waals surface area contributed by atoms with E-state index in [-0.39, 0.29) is 40.6 Å². The van der Waals surface area contributed by atoms with E-state index in [2.05, 4.69) is 10.3 Å². The number of hydrogen-bond acceptors (Lipinski definition) is 5. The monoisotopic (exact) mass is 553 g/mol. The molecule has 190 valence electrons. The second-order valence-corrected chi connectivity index (χ2v) is 12.0. The number of sulfonamides is 1. The summed E-state index contributed by atoms with van der Waals surface area (Å²) in [4.78, 5) is 29.8. The number of imidazole rings is 1. The van der Waals surface area contributed by atoms with Gasteiger partial charge >= 0.3 is 6.18 Å². The van der Waals surface area contributed by atoms with Gasteiger partial charge in [-0.15, -0.1) is 0 Å². The Kier molecular flexibility index (Phi) is 5.78. The van der Waals surface area contributed by atoms with Crippen LogP contribution in [-0.4, -0.2) is 58.6 Å². The van der Waals surface area contributed by atoms with Gasteiger partial charge in [0.1, 0.15) is 0 Å². The van der Waals surface area contributed by atoms with E-state index in [0.29, 0.717) is 17.4 Å². The Labute approximate surface area is 208 Å². The number of nitrogens with zero attached hydrogens (tertiary/aromatic N) is 3. The van der Waals surface area contributed by atoms with Gasteiger partial charge in [-0.1, -0.05) is 36.0 Å². The molecule has 2 fully saturated rings. The van der Waals surface area contributed by atoms with Crippen LogP contribution in [0.15, 0.2) is 12.1 Å². The zero-order chi connectivity index (χ0) is 25.3. The maximum Gasteiger partial charge on any atom is 0.440 e. The van der Waals surface area contributed by atoms with Gasteiger partial charge in [-0.3, -0.25) is 19.5 Å². The van der Waals surface area contributed by atoms with Gasteiger partial charge in [-0.2, -0.15) is 13.2 Å². The van der Waals surface area contributed by atoms with E-state index >= 15 is 0 Å². The number of benzene rings is 1. The highest BCUT2D eigenvalue weighted by molar-refractivity contribution is 7.89. The molecule has 9 nitrogen and oxygen atoms in total. The van der Waals surface area contributed by atoms with Crippen molar-refractivity contribution < 1.29 is 31.2 Å². The lowest BCUT2D eigenvalue weighted by molar-refractivity contribution is -0.218. The number of nitrogens with one attached hydrogen (secondary N) is 2. The minimum absolute atomic E-state index is 0.0233. The zero-order valence-electron chi connectivity index (χ0n) is 18.0. The number of carbonyl (C=O) groups excluding carboxylic acids is 2. The highest BCUT2D eigenvalue weighted by Gasteiger charge is 2.68. The number of carbonyl (C=O) groups is 2. The Morgan fingerprint density at radius 1 is 1.17 bits per heavy atom. The minimum atomic E-state index is -5.27. The third-order valence-electron chi connectivity index (χ3n) is 6.91. The van der Waals surface area contributed by atoms with Gasteiger partial charge in [0.05, 0.1) is 32.2 Å². The first-order chi connectivity index (χ1) is 16.4. The number of fused-ring (bicyclic) bond motifs is 3. The average Bonchev–Trinajstić information content (AvgIpc) is 3.54. The summed E-state index contributed by atoms with van der Waals surface area (Å²) in [6.45, 7) is -0.227. The summed E-state index contributed by atoms with van der Waals surface area (Å²) in [6.07, 6.45) is -2.60. The number of aromatic nitrogens is 2. The van der Waals surface area contributed by atoms with Crippen LogP contribution in [0.25, 0.3) is 11.0 Å². The molecule has 15 heteroatoms. The lowest BCUT2D eigenvalue weighted by atomic mass is 10.0. The lowest BCUT2D eigenvalue weighted by Gasteiger charge is -2.33. The molecular formula is C20H20Cl2F3N5O4S. The Balaban J connectivity index is 1.48. The van der Waals surface area contributed by atoms with Gasteiger partial charge in [0, 0.05) is 13.1 Å². The number of alkyl halides is 3. The first kappa shape index (κ1) is 24.6. The highest BCUT2D eigenvalue weighted by Crippen LogP contribution is 2.45. The molecule has 1 saturated heterocycles. The molecule has 2 N–H and O–H groups in total. The Morgan fingerprint density at radius 3 is 2.49 bits per heavy atom. The largest absolute Gasteiger partial charge is 0.440 e. The number of rotatable bonds is 4. The molecular weight excluding hydrogens is 534 g/mol. The van der Waals surface area contributed by atoms with Crippen LogP contribution in [0, 0.1) is 5.92 Å². The zero-order valence-corrected chi connectivity index (χ0v) is 20.4. The minimum Gasteiger partial charge on any atom is -0.317 e. The SMILES string of the molecule is O=C(NC1(C(F)(F)F)C(=O)Nc2nc3cc(Cl)c(Cl)cc3n21)[C@@H]1CCN(S(=O)(=O)C2CCCC2)C1. The molecule has 1 aromatic heterocycles. The van der Waals surface area contributed by atoms with Gasteiger partial charge < -0.3 is 5.32 Å². The molecule has 3 aliphatic rings. The molecule has 5 rings (SSSR count). The van der Waals surface area contributed by atoms with E-state index in [1.165, 1.54) is 10.4 Å². The van der Waals surface area contributed by atoms with Gasteiger partial charge in [-0.05, 0) is 31.4 Å². The van der Waals surface area contributed by atoms with E-state index < -0.39 is 50.8 Å². The molecule has 0 radical (unpaired) electrons. The number of hydrogen-bond donors (Lipinski definition) is 2. The number of anilines is 1. The maximum absolute atomic E-state index is 14.6. The van der Waals surface area contributed by atoms with Crippen LogP contribution in [0.3, 0.4) is 0 Å². The second kappa shape index (κ2) is 8.22. The van der Waals surface area contributed by atoms with Gasteiger partial charge in [0.2, 0.25) is 21.9 Å². The quantitative estimate of drug-likeness (QED) is 0.603. The van der Waals surface area contributed by atoms with Crippen molar-refractivity contribution in [3.63, 3.8) is 0 Å². The van der Waals surface area contributed by atoms with Crippen molar-refractivity contribution in [2.45, 2.75) is 49.2 Å². The summed E-state index contributed by atoms with van der Waals surface area (Å²) in [7, 11) is -3.65. The van der Waals surface area contributed by atoms with Crippen LogP contribution in [0.4, 0.5) is 19.1 Å². The van der Waals surface area contributed by atoms with E-state index in [9.17, 15) is 31.2 Å². The molecule has 2 atom stereocenters. The average molecular weight is 554 g/mol. The first-order valence-electron chi connectivity index (χ1n) is 10.9. The van der Waals surface area contributed by atoms with Crippen LogP contribution in [0.2, 0.25) is 10.0 Å². The topological polar surface area (TPSA) is 113 Å². The molecule has 1 aliphatic carbocycles. The van der Waals surface area contributed by atoms with Gasteiger partial charge in [0.15, 0.2) is 0 Å². The molecule has 2 amide bonds. The van der Waals surface area contributed by atoms with Crippen LogP contribution in [0.1, 0.15) is 32.1 Å². The molecule has 1 unspecified atom stereocenters. The number of amides is 2. The van der Waals surface area contributed by atoms with Crippen LogP contribution in [-0.2, 0) is 25.3 Å². The van der Waals surface area contributed by atoms with Gasteiger partial charge in [0.25, 0.3) is 11.6 Å². The number of halogens is 5. The molecule has 0 bridgehead atoms. The fourth-order valence-electron chi connectivity index (χ4n) is 5.08. The third kappa shape index (κ3) is 3.69. The smallest absolute Gasteiger partial charge is 0.317 e. The van der Waals surface area contributed by atoms with Crippen LogP contribution < -0.4 is 10.6 Å². The van der Waals surface area contributed by atoms with Crippen molar-refractivity contribution in [3.8, 4) is 0 Å². The lowest BCUT2D eigenvalue weighted by Crippen LogP contribution is -2.64. The van der Waals surface area contributed by atoms with E-state index in [4.69, 9.17) is 23.2 Å². The molecule has 3 heterocycles. The van der Waals surface area contributed by atoms with Crippen molar-refractivity contribution in [2.24, 2.45) is 5.92 Å². The van der Waals surface area contributed by atoms with Crippen molar-refractivity contribution in [1.82, 2.24) is 19.2 Å². The van der Waals surface area contributed by atoms with Crippen molar-refractivity contribution in [2.75, 3.05) is 18.4 Å². The fourth-order valence-corrected chi connectivity index (χ4v) is 7.49. The predicted octanol–water partition coefficient (Wildman–Crippen LogP) is 3.22. The van der Waals surface area contributed by atoms with E-state index in [1.807, 2.05) is 5.32 Å². The molecule has 2 aromatic rings. The summed E-state index contributed by atoms with van der Waals surface area (Å²) < 4.78 is 71.1. The molecule has 35 heavy (non-hydrogen) atoms. The fraction of sp³-hybridized carbons (Fsp3) is 0.550. The first-order valence-corrected chi connectivity index (χ1v) is 13.2. The maximum atomic E-state index is 14.6. The summed E-state index contributed by atoms with van der Waals surface area (Å²) in [5.41, 5.74) is -3.63. The van der Waals surface area contributed by atoms with Gasteiger partial charge in [-0.25, -0.2) is 17.7 Å². The van der Waals surface area contributed by atoms with Crippen molar-refractivity contribution in [3.05, 3.63) is 22.2 Å². The van der Waals surface area contributed by atoms with Crippen LogP contribution >= 0.6 is 23.2 Å². The molecule has 1 saturated carbocycles. The van der Waals surface area contributed by atoms with E-state index in [1.54, 1.807) is 0 Å². The highest BCUT2D eigenvalue weighted by atomic mass is 35.5.